The summed E-state index contributed by atoms with van der Waals surface area (Å²) in [5.74, 6) is -0.840. The molecule has 0 spiro atoms. The third-order valence-corrected chi connectivity index (χ3v) is 3.65. The normalized spacial score (nSPS) is 10.6. The van der Waals surface area contributed by atoms with E-state index in [4.69, 9.17) is 5.11 Å². The van der Waals surface area contributed by atoms with Crippen molar-refractivity contribution in [1.29, 1.82) is 0 Å². The first-order valence-electron chi connectivity index (χ1n) is 6.57. The minimum absolute atomic E-state index is 0.0295. The molecule has 2 amide bonds. The molecule has 0 aliphatic heterocycles. The first-order valence-corrected chi connectivity index (χ1v) is 7.39. The lowest BCUT2D eigenvalue weighted by Crippen LogP contribution is -2.44. The molecule has 0 aliphatic rings. The monoisotopic (exact) mass is 299 g/mol. The molecule has 1 rings (SSSR count). The predicted molar refractivity (Wildman–Crippen MR) is 77.8 cm³/mol. The Kier molecular flexibility index (Phi) is 6.44. The van der Waals surface area contributed by atoms with Gasteiger partial charge in [0.05, 0.1) is 6.54 Å². The minimum Gasteiger partial charge on any atom is -0.481 e. The molecule has 7 heteroatoms. The molecule has 0 fully saturated rings. The molecular weight excluding hydrogens is 278 g/mol. The smallest absolute Gasteiger partial charge is 0.317 e. The highest BCUT2D eigenvalue weighted by Crippen LogP contribution is 2.11. The maximum atomic E-state index is 12.1. The summed E-state index contributed by atoms with van der Waals surface area (Å²) < 4.78 is 0. The number of carboxylic acid groups (broad SMARTS) is 1. The van der Waals surface area contributed by atoms with Crippen molar-refractivity contribution in [3.8, 4) is 0 Å². The summed E-state index contributed by atoms with van der Waals surface area (Å²) in [5.41, 5.74) is 0. The summed E-state index contributed by atoms with van der Waals surface area (Å²) in [6.07, 6.45) is 2.30. The van der Waals surface area contributed by atoms with Gasteiger partial charge in [-0.25, -0.2) is 9.78 Å². The number of amides is 2. The topological polar surface area (TPSA) is 82.5 Å². The van der Waals surface area contributed by atoms with Crippen LogP contribution in [-0.4, -0.2) is 39.6 Å². The maximum absolute atomic E-state index is 12.1. The van der Waals surface area contributed by atoms with Crippen LogP contribution in [0.3, 0.4) is 0 Å². The third-order valence-electron chi connectivity index (χ3n) is 2.73. The molecule has 0 saturated heterocycles. The Morgan fingerprint density at radius 2 is 2.20 bits per heavy atom. The summed E-state index contributed by atoms with van der Waals surface area (Å²) in [7, 11) is 0. The van der Waals surface area contributed by atoms with Crippen LogP contribution in [0.25, 0.3) is 0 Å². The first kappa shape index (κ1) is 16.4. The second kappa shape index (κ2) is 7.84. The van der Waals surface area contributed by atoms with Gasteiger partial charge in [0.2, 0.25) is 0 Å². The average Bonchev–Trinajstić information content (AvgIpc) is 2.77. The van der Waals surface area contributed by atoms with Crippen molar-refractivity contribution in [2.45, 2.75) is 46.2 Å². The largest absolute Gasteiger partial charge is 0.481 e. The Hall–Kier alpha value is -1.63. The van der Waals surface area contributed by atoms with Gasteiger partial charge in [-0.3, -0.25) is 4.79 Å². The van der Waals surface area contributed by atoms with Gasteiger partial charge in [0.1, 0.15) is 5.01 Å². The highest BCUT2D eigenvalue weighted by molar-refractivity contribution is 7.11. The number of rotatable bonds is 7. The van der Waals surface area contributed by atoms with E-state index in [1.807, 2.05) is 20.8 Å². The summed E-state index contributed by atoms with van der Waals surface area (Å²) >= 11 is 1.55. The fourth-order valence-corrected chi connectivity index (χ4v) is 2.46. The van der Waals surface area contributed by atoms with Crippen LogP contribution in [0.5, 0.6) is 0 Å². The number of urea groups is 1. The summed E-state index contributed by atoms with van der Waals surface area (Å²) in [6, 6.07) is -0.153. The average molecular weight is 299 g/mol. The van der Waals surface area contributed by atoms with Gasteiger partial charge in [-0.1, -0.05) is 0 Å². The Labute approximate surface area is 122 Å². The lowest BCUT2D eigenvalue weighted by Gasteiger charge is -2.26. The van der Waals surface area contributed by atoms with Gasteiger partial charge in [0.15, 0.2) is 0 Å². The molecule has 0 unspecified atom stereocenters. The first-order chi connectivity index (χ1) is 9.40. The SMILES string of the molecule is Cc1cnc(CNC(=O)N(CCCC(=O)O)C(C)C)s1. The van der Waals surface area contributed by atoms with E-state index in [2.05, 4.69) is 10.3 Å². The van der Waals surface area contributed by atoms with Crippen LogP contribution in [-0.2, 0) is 11.3 Å². The minimum atomic E-state index is -0.840. The Bertz CT molecular complexity index is 459. The number of nitrogens with zero attached hydrogens (tertiary/aromatic N) is 2. The van der Waals surface area contributed by atoms with Crippen molar-refractivity contribution >= 4 is 23.3 Å². The van der Waals surface area contributed by atoms with E-state index < -0.39 is 5.97 Å². The van der Waals surface area contributed by atoms with Gasteiger partial charge in [-0.2, -0.15) is 0 Å². The zero-order chi connectivity index (χ0) is 15.1. The molecule has 1 heterocycles. The molecule has 0 bridgehead atoms. The molecule has 20 heavy (non-hydrogen) atoms. The van der Waals surface area contributed by atoms with Crippen molar-refractivity contribution in [3.63, 3.8) is 0 Å². The van der Waals surface area contributed by atoms with Crippen molar-refractivity contribution in [2.75, 3.05) is 6.54 Å². The number of carboxylic acids is 1. The molecule has 0 atom stereocenters. The number of nitrogens with one attached hydrogen (secondary N) is 1. The van der Waals surface area contributed by atoms with Crippen molar-refractivity contribution in [3.05, 3.63) is 16.1 Å². The number of thiazole rings is 1. The van der Waals surface area contributed by atoms with E-state index in [1.54, 1.807) is 22.4 Å². The van der Waals surface area contributed by atoms with E-state index in [0.717, 1.165) is 9.88 Å². The second-order valence-corrected chi connectivity index (χ2v) is 6.13. The van der Waals surface area contributed by atoms with Gasteiger partial charge in [0, 0.05) is 30.1 Å². The molecule has 0 saturated carbocycles. The Morgan fingerprint density at radius 1 is 1.50 bits per heavy atom. The van der Waals surface area contributed by atoms with Gasteiger partial charge < -0.3 is 15.3 Å². The summed E-state index contributed by atoms with van der Waals surface area (Å²) in [6.45, 7) is 6.63. The maximum Gasteiger partial charge on any atom is 0.317 e. The van der Waals surface area contributed by atoms with E-state index in [0.29, 0.717) is 19.5 Å². The molecule has 0 aliphatic carbocycles. The summed E-state index contributed by atoms with van der Waals surface area (Å²) in [5, 5.41) is 12.3. The standard InChI is InChI=1S/C13H21N3O3S/c1-9(2)16(6-4-5-12(17)18)13(19)15-8-11-14-7-10(3)20-11/h7,9H,4-6,8H2,1-3H3,(H,15,19)(H,17,18). The zero-order valence-electron chi connectivity index (χ0n) is 12.0. The molecule has 112 valence electrons. The Morgan fingerprint density at radius 3 is 2.70 bits per heavy atom. The summed E-state index contributed by atoms with van der Waals surface area (Å²) in [4.78, 5) is 29.5. The van der Waals surface area contributed by atoms with Gasteiger partial charge in [-0.05, 0) is 27.2 Å². The van der Waals surface area contributed by atoms with E-state index in [1.165, 1.54) is 0 Å². The van der Waals surface area contributed by atoms with Crippen LogP contribution in [0.1, 0.15) is 36.6 Å². The number of hydrogen-bond acceptors (Lipinski definition) is 4. The number of aromatic nitrogens is 1. The molecule has 1 aromatic rings. The van der Waals surface area contributed by atoms with E-state index in [-0.39, 0.29) is 18.5 Å². The fraction of sp³-hybridized carbons (Fsp3) is 0.615. The zero-order valence-corrected chi connectivity index (χ0v) is 12.9. The Balaban J connectivity index is 2.45. The molecule has 0 aromatic carbocycles. The van der Waals surface area contributed by atoms with Gasteiger partial charge in [-0.15, -0.1) is 11.3 Å². The lowest BCUT2D eigenvalue weighted by atomic mass is 10.2. The van der Waals surface area contributed by atoms with Crippen LogP contribution in [0.4, 0.5) is 4.79 Å². The van der Waals surface area contributed by atoms with E-state index in [9.17, 15) is 9.59 Å². The number of aryl methyl sites for hydroxylation is 1. The van der Waals surface area contributed by atoms with Crippen LogP contribution in [0.2, 0.25) is 0 Å². The number of hydrogen-bond donors (Lipinski definition) is 2. The van der Waals surface area contributed by atoms with Crippen molar-refractivity contribution in [2.24, 2.45) is 0 Å². The van der Waals surface area contributed by atoms with Gasteiger partial charge in [0.25, 0.3) is 0 Å². The van der Waals surface area contributed by atoms with Crippen molar-refractivity contribution < 1.29 is 14.7 Å². The highest BCUT2D eigenvalue weighted by Gasteiger charge is 2.17. The molecule has 2 N–H and O–H groups in total. The van der Waals surface area contributed by atoms with Crippen LogP contribution < -0.4 is 5.32 Å². The van der Waals surface area contributed by atoms with Crippen LogP contribution in [0, 0.1) is 6.92 Å². The van der Waals surface area contributed by atoms with Crippen molar-refractivity contribution in [1.82, 2.24) is 15.2 Å². The quantitative estimate of drug-likeness (QED) is 0.809. The molecule has 1 aromatic heterocycles. The number of aliphatic carboxylic acids is 1. The van der Waals surface area contributed by atoms with Gasteiger partial charge >= 0.3 is 12.0 Å². The van der Waals surface area contributed by atoms with Crippen LogP contribution in [0.15, 0.2) is 6.20 Å². The number of carbonyl (C=O) groups is 2. The highest BCUT2D eigenvalue weighted by atomic mass is 32.1. The van der Waals surface area contributed by atoms with E-state index >= 15 is 0 Å². The number of carbonyl (C=O) groups excluding carboxylic acids is 1. The molecule has 6 nitrogen and oxygen atoms in total. The third kappa shape index (κ3) is 5.56. The molecule has 0 radical (unpaired) electrons. The second-order valence-electron chi connectivity index (χ2n) is 4.81. The van der Waals surface area contributed by atoms with Crippen LogP contribution >= 0.6 is 11.3 Å². The molecular formula is C13H21N3O3S. The lowest BCUT2D eigenvalue weighted by molar-refractivity contribution is -0.137. The fourth-order valence-electron chi connectivity index (χ4n) is 1.73. The predicted octanol–water partition coefficient (Wildman–Crippen LogP) is 2.24.